The van der Waals surface area contributed by atoms with E-state index in [9.17, 15) is 0 Å². The Morgan fingerprint density at radius 3 is 2.45 bits per heavy atom. The molecule has 2 rings (SSSR count). The maximum absolute atomic E-state index is 6.48. The standard InChI is InChI=1S/C16H22BrN3/c1-4-13(12-8-6-5-7-9-12)14(18)10-15-16(17)11(2)19-20(15)3/h5-9,13-14H,4,10,18H2,1-3H3. The molecule has 4 heteroatoms. The van der Waals surface area contributed by atoms with Crippen molar-refractivity contribution in [2.24, 2.45) is 12.8 Å². The van der Waals surface area contributed by atoms with Crippen molar-refractivity contribution in [1.29, 1.82) is 0 Å². The summed E-state index contributed by atoms with van der Waals surface area (Å²) in [6.45, 7) is 4.20. The van der Waals surface area contributed by atoms with Gasteiger partial charge in [0.25, 0.3) is 0 Å². The number of halogens is 1. The smallest absolute Gasteiger partial charge is 0.0738 e. The summed E-state index contributed by atoms with van der Waals surface area (Å²) in [6.07, 6.45) is 1.87. The molecule has 20 heavy (non-hydrogen) atoms. The van der Waals surface area contributed by atoms with Gasteiger partial charge in [-0.3, -0.25) is 4.68 Å². The van der Waals surface area contributed by atoms with Crippen molar-refractivity contribution >= 4 is 15.9 Å². The predicted octanol–water partition coefficient (Wildman–Crippen LogP) is 3.55. The van der Waals surface area contributed by atoms with Gasteiger partial charge in [-0.15, -0.1) is 0 Å². The maximum atomic E-state index is 6.48. The third-order valence-corrected chi connectivity index (χ3v) is 4.91. The van der Waals surface area contributed by atoms with E-state index in [0.29, 0.717) is 5.92 Å². The number of hydrogen-bond donors (Lipinski definition) is 1. The molecule has 0 radical (unpaired) electrons. The van der Waals surface area contributed by atoms with E-state index in [2.05, 4.69) is 52.2 Å². The van der Waals surface area contributed by atoms with Gasteiger partial charge in [-0.1, -0.05) is 37.3 Å². The molecular weight excluding hydrogens is 314 g/mol. The van der Waals surface area contributed by atoms with Gasteiger partial charge in [0.2, 0.25) is 0 Å². The summed E-state index contributed by atoms with van der Waals surface area (Å²) in [6, 6.07) is 10.6. The van der Waals surface area contributed by atoms with E-state index < -0.39 is 0 Å². The molecule has 0 aliphatic carbocycles. The van der Waals surface area contributed by atoms with E-state index >= 15 is 0 Å². The van der Waals surface area contributed by atoms with Crippen molar-refractivity contribution in [2.45, 2.75) is 38.6 Å². The zero-order valence-corrected chi connectivity index (χ0v) is 13.9. The van der Waals surface area contributed by atoms with Gasteiger partial charge in [-0.25, -0.2) is 0 Å². The maximum Gasteiger partial charge on any atom is 0.0738 e. The van der Waals surface area contributed by atoms with Crippen molar-refractivity contribution < 1.29 is 0 Å². The third kappa shape index (κ3) is 3.13. The Morgan fingerprint density at radius 1 is 1.30 bits per heavy atom. The number of benzene rings is 1. The Hall–Kier alpha value is -1.13. The molecule has 108 valence electrons. The minimum absolute atomic E-state index is 0.0912. The molecule has 0 fully saturated rings. The topological polar surface area (TPSA) is 43.8 Å². The highest BCUT2D eigenvalue weighted by Crippen LogP contribution is 2.27. The average molecular weight is 336 g/mol. The second kappa shape index (κ2) is 6.55. The van der Waals surface area contributed by atoms with Gasteiger partial charge >= 0.3 is 0 Å². The molecule has 0 saturated carbocycles. The first-order chi connectivity index (χ1) is 9.54. The van der Waals surface area contributed by atoms with Crippen molar-refractivity contribution in [1.82, 2.24) is 9.78 Å². The van der Waals surface area contributed by atoms with E-state index in [0.717, 1.165) is 23.0 Å². The normalized spacial score (nSPS) is 14.2. The molecule has 1 aromatic heterocycles. The lowest BCUT2D eigenvalue weighted by Gasteiger charge is -2.23. The quantitative estimate of drug-likeness (QED) is 0.907. The summed E-state index contributed by atoms with van der Waals surface area (Å²) in [5.41, 5.74) is 9.98. The molecule has 0 spiro atoms. The van der Waals surface area contributed by atoms with E-state index in [4.69, 9.17) is 5.73 Å². The third-order valence-electron chi connectivity index (χ3n) is 3.88. The summed E-state index contributed by atoms with van der Waals surface area (Å²) in [7, 11) is 1.98. The van der Waals surface area contributed by atoms with Crippen LogP contribution in [0.2, 0.25) is 0 Å². The summed E-state index contributed by atoms with van der Waals surface area (Å²) in [5.74, 6) is 0.373. The molecular formula is C16H22BrN3. The van der Waals surface area contributed by atoms with Gasteiger partial charge in [-0.05, 0) is 40.8 Å². The highest BCUT2D eigenvalue weighted by Gasteiger charge is 2.21. The largest absolute Gasteiger partial charge is 0.327 e. The Bertz CT molecular complexity index is 563. The first-order valence-corrected chi connectivity index (χ1v) is 7.82. The van der Waals surface area contributed by atoms with Gasteiger partial charge in [0.1, 0.15) is 0 Å². The van der Waals surface area contributed by atoms with Gasteiger partial charge in [0.05, 0.1) is 15.9 Å². The van der Waals surface area contributed by atoms with Crippen LogP contribution in [0.3, 0.4) is 0 Å². The fraction of sp³-hybridized carbons (Fsp3) is 0.438. The molecule has 0 aliphatic rings. The van der Waals surface area contributed by atoms with Crippen LogP contribution < -0.4 is 5.73 Å². The summed E-state index contributed by atoms with van der Waals surface area (Å²) in [4.78, 5) is 0. The van der Waals surface area contributed by atoms with Crippen LogP contribution in [0.15, 0.2) is 34.8 Å². The lowest BCUT2D eigenvalue weighted by atomic mass is 9.87. The molecule has 1 heterocycles. The van der Waals surface area contributed by atoms with E-state index in [1.54, 1.807) is 0 Å². The number of aromatic nitrogens is 2. The van der Waals surface area contributed by atoms with Crippen molar-refractivity contribution in [2.75, 3.05) is 0 Å². The van der Waals surface area contributed by atoms with Crippen molar-refractivity contribution in [3.8, 4) is 0 Å². The number of nitrogens with two attached hydrogens (primary N) is 1. The summed E-state index contributed by atoms with van der Waals surface area (Å²) < 4.78 is 3.01. The zero-order valence-electron chi connectivity index (χ0n) is 12.3. The van der Waals surface area contributed by atoms with Crippen LogP contribution in [0.1, 0.15) is 36.2 Å². The van der Waals surface area contributed by atoms with Crippen LogP contribution in [0.5, 0.6) is 0 Å². The first-order valence-electron chi connectivity index (χ1n) is 7.03. The van der Waals surface area contributed by atoms with Crippen LogP contribution in [-0.2, 0) is 13.5 Å². The van der Waals surface area contributed by atoms with E-state index in [-0.39, 0.29) is 6.04 Å². The van der Waals surface area contributed by atoms with E-state index in [1.807, 2.05) is 24.7 Å². The van der Waals surface area contributed by atoms with Gasteiger partial charge < -0.3 is 5.73 Å². The number of aryl methyl sites for hydroxylation is 2. The Morgan fingerprint density at radius 2 is 1.95 bits per heavy atom. The molecule has 2 atom stereocenters. The molecule has 0 bridgehead atoms. The minimum atomic E-state index is 0.0912. The molecule has 0 amide bonds. The SMILES string of the molecule is CCC(c1ccccc1)C(N)Cc1c(Br)c(C)nn1C. The molecule has 2 aromatic rings. The van der Waals surface area contributed by atoms with Crippen LogP contribution in [0.25, 0.3) is 0 Å². The fourth-order valence-corrected chi connectivity index (χ4v) is 3.25. The van der Waals surface area contributed by atoms with Gasteiger partial charge in [-0.2, -0.15) is 5.10 Å². The second-order valence-electron chi connectivity index (χ2n) is 5.26. The lowest BCUT2D eigenvalue weighted by Crippen LogP contribution is -2.31. The van der Waals surface area contributed by atoms with Crippen LogP contribution in [0.4, 0.5) is 0 Å². The van der Waals surface area contributed by atoms with E-state index in [1.165, 1.54) is 11.3 Å². The number of rotatable bonds is 5. The molecule has 3 nitrogen and oxygen atoms in total. The fourth-order valence-electron chi connectivity index (χ4n) is 2.75. The van der Waals surface area contributed by atoms with Crippen molar-refractivity contribution in [3.05, 3.63) is 51.8 Å². The highest BCUT2D eigenvalue weighted by molar-refractivity contribution is 9.10. The monoisotopic (exact) mass is 335 g/mol. The predicted molar refractivity (Wildman–Crippen MR) is 86.8 cm³/mol. The molecule has 0 saturated heterocycles. The Balaban J connectivity index is 2.20. The molecule has 0 aliphatic heterocycles. The average Bonchev–Trinajstić information content (AvgIpc) is 2.67. The van der Waals surface area contributed by atoms with Gasteiger partial charge in [0.15, 0.2) is 0 Å². The minimum Gasteiger partial charge on any atom is -0.327 e. The molecule has 1 aromatic carbocycles. The Kier molecular flexibility index (Phi) is 5.00. The zero-order chi connectivity index (χ0) is 14.7. The van der Waals surface area contributed by atoms with Gasteiger partial charge in [0, 0.05) is 19.5 Å². The van der Waals surface area contributed by atoms with Crippen molar-refractivity contribution in [3.63, 3.8) is 0 Å². The second-order valence-corrected chi connectivity index (χ2v) is 6.06. The molecule has 2 N–H and O–H groups in total. The Labute approximate surface area is 129 Å². The lowest BCUT2D eigenvalue weighted by molar-refractivity contribution is 0.499. The van der Waals surface area contributed by atoms with Crippen LogP contribution in [0, 0.1) is 6.92 Å². The van der Waals surface area contributed by atoms with Crippen LogP contribution >= 0.6 is 15.9 Å². The first kappa shape index (κ1) is 15.3. The number of hydrogen-bond acceptors (Lipinski definition) is 2. The van der Waals surface area contributed by atoms with Crippen LogP contribution in [-0.4, -0.2) is 15.8 Å². The molecule has 2 unspecified atom stereocenters. The number of nitrogens with zero attached hydrogens (tertiary/aromatic N) is 2. The highest BCUT2D eigenvalue weighted by atomic mass is 79.9. The summed E-state index contributed by atoms with van der Waals surface area (Å²) >= 11 is 3.62. The summed E-state index contributed by atoms with van der Waals surface area (Å²) in [5, 5.41) is 4.44.